The van der Waals surface area contributed by atoms with Gasteiger partial charge in [0.15, 0.2) is 5.78 Å². The van der Waals surface area contributed by atoms with Gasteiger partial charge >= 0.3 is 0 Å². The van der Waals surface area contributed by atoms with Gasteiger partial charge in [-0.3, -0.25) is 4.79 Å². The van der Waals surface area contributed by atoms with Gasteiger partial charge in [-0.15, -0.1) is 0 Å². The molecule has 7 atom stereocenters. The van der Waals surface area contributed by atoms with Gasteiger partial charge in [-0.2, -0.15) is 5.26 Å². The lowest BCUT2D eigenvalue weighted by Crippen LogP contribution is -2.49. The molecule has 0 aliphatic heterocycles. The second-order valence-corrected chi connectivity index (χ2v) is 8.69. The van der Waals surface area contributed by atoms with Gasteiger partial charge in [-0.05, 0) is 80.1 Å². The first-order valence-corrected chi connectivity index (χ1v) is 9.89. The molecule has 0 bridgehead atoms. The molecule has 0 aromatic carbocycles. The SMILES string of the molecule is CCC12CCC3C4CCC(=O)C=C4C(CO)CC3C1CCC2C#N. The van der Waals surface area contributed by atoms with Crippen molar-refractivity contribution in [2.45, 2.75) is 58.3 Å². The highest BCUT2D eigenvalue weighted by atomic mass is 16.3. The lowest BCUT2D eigenvalue weighted by Gasteiger charge is -2.56. The van der Waals surface area contributed by atoms with Gasteiger partial charge in [0.1, 0.15) is 0 Å². The first-order valence-electron chi connectivity index (χ1n) is 9.89. The van der Waals surface area contributed by atoms with Crippen LogP contribution in [0.2, 0.25) is 0 Å². The molecule has 0 aromatic heterocycles. The summed E-state index contributed by atoms with van der Waals surface area (Å²) in [6.07, 6.45) is 10.3. The molecular formula is C21H29NO2. The highest BCUT2D eigenvalue weighted by Crippen LogP contribution is 2.65. The third-order valence-corrected chi connectivity index (χ3v) is 8.25. The fraction of sp³-hybridized carbons (Fsp3) is 0.810. The van der Waals surface area contributed by atoms with Gasteiger partial charge in [-0.1, -0.05) is 12.5 Å². The van der Waals surface area contributed by atoms with Crippen molar-refractivity contribution in [1.29, 1.82) is 5.26 Å². The summed E-state index contributed by atoms with van der Waals surface area (Å²) < 4.78 is 0. The molecule has 0 spiro atoms. The molecule has 7 unspecified atom stereocenters. The van der Waals surface area contributed by atoms with Crippen LogP contribution in [-0.4, -0.2) is 17.5 Å². The Balaban J connectivity index is 1.69. The summed E-state index contributed by atoms with van der Waals surface area (Å²) in [7, 11) is 0. The molecule has 4 aliphatic rings. The van der Waals surface area contributed by atoms with E-state index in [1.165, 1.54) is 24.8 Å². The molecule has 0 saturated heterocycles. The zero-order chi connectivity index (χ0) is 16.9. The van der Waals surface area contributed by atoms with Crippen molar-refractivity contribution in [3.05, 3.63) is 11.6 Å². The van der Waals surface area contributed by atoms with Crippen LogP contribution in [0.5, 0.6) is 0 Å². The predicted octanol–water partition coefficient (Wildman–Crippen LogP) is 3.88. The summed E-state index contributed by atoms with van der Waals surface area (Å²) >= 11 is 0. The molecule has 0 heterocycles. The van der Waals surface area contributed by atoms with Crippen LogP contribution in [0.3, 0.4) is 0 Å². The van der Waals surface area contributed by atoms with E-state index in [4.69, 9.17) is 0 Å². The fourth-order valence-electron chi connectivity index (χ4n) is 7.20. The number of fused-ring (bicyclic) bond motifs is 5. The second-order valence-electron chi connectivity index (χ2n) is 8.69. The minimum Gasteiger partial charge on any atom is -0.396 e. The number of carbonyl (C=O) groups is 1. The normalized spacial score (nSPS) is 47.2. The zero-order valence-corrected chi connectivity index (χ0v) is 14.7. The van der Waals surface area contributed by atoms with E-state index in [-0.39, 0.29) is 29.6 Å². The second kappa shape index (κ2) is 5.99. The number of nitrogens with zero attached hydrogens (tertiary/aromatic N) is 1. The largest absolute Gasteiger partial charge is 0.396 e. The molecular weight excluding hydrogens is 298 g/mol. The number of ketones is 1. The molecule has 0 radical (unpaired) electrons. The average molecular weight is 327 g/mol. The van der Waals surface area contributed by atoms with E-state index < -0.39 is 0 Å². The molecule has 130 valence electrons. The van der Waals surface area contributed by atoms with Crippen molar-refractivity contribution < 1.29 is 9.90 Å². The van der Waals surface area contributed by atoms with Gasteiger partial charge in [0.25, 0.3) is 0 Å². The van der Waals surface area contributed by atoms with Crippen molar-refractivity contribution in [1.82, 2.24) is 0 Å². The minimum atomic E-state index is 0.173. The van der Waals surface area contributed by atoms with E-state index in [0.717, 1.165) is 25.7 Å². The van der Waals surface area contributed by atoms with Crippen molar-refractivity contribution in [3.63, 3.8) is 0 Å². The first kappa shape index (κ1) is 16.3. The van der Waals surface area contributed by atoms with Crippen molar-refractivity contribution in [3.8, 4) is 6.07 Å². The molecule has 24 heavy (non-hydrogen) atoms. The molecule has 3 heteroatoms. The van der Waals surface area contributed by atoms with Crippen LogP contribution in [0.15, 0.2) is 11.6 Å². The molecule has 0 amide bonds. The summed E-state index contributed by atoms with van der Waals surface area (Å²) in [5.41, 5.74) is 1.48. The van der Waals surface area contributed by atoms with E-state index in [2.05, 4.69) is 13.0 Å². The number of rotatable bonds is 2. The van der Waals surface area contributed by atoms with Crippen LogP contribution in [-0.2, 0) is 4.79 Å². The zero-order valence-electron chi connectivity index (χ0n) is 14.7. The average Bonchev–Trinajstić information content (AvgIpc) is 2.99. The number of nitriles is 1. The lowest BCUT2D eigenvalue weighted by molar-refractivity contribution is -0.116. The Kier molecular flexibility index (Phi) is 4.07. The van der Waals surface area contributed by atoms with Crippen LogP contribution < -0.4 is 0 Å². The summed E-state index contributed by atoms with van der Waals surface area (Å²) in [5, 5.41) is 19.6. The van der Waals surface area contributed by atoms with E-state index >= 15 is 0 Å². The minimum absolute atomic E-state index is 0.173. The lowest BCUT2D eigenvalue weighted by atomic mass is 9.49. The number of hydrogen-bond donors (Lipinski definition) is 1. The Bertz CT molecular complexity index is 603. The Morgan fingerprint density at radius 3 is 2.83 bits per heavy atom. The van der Waals surface area contributed by atoms with Gasteiger partial charge < -0.3 is 5.11 Å². The highest BCUT2D eigenvalue weighted by molar-refractivity contribution is 5.91. The number of aliphatic hydroxyl groups excluding tert-OH is 1. The smallest absolute Gasteiger partial charge is 0.155 e. The third kappa shape index (κ3) is 2.15. The maximum Gasteiger partial charge on any atom is 0.155 e. The Morgan fingerprint density at radius 1 is 1.29 bits per heavy atom. The Hall–Kier alpha value is -1.14. The summed E-state index contributed by atoms with van der Waals surface area (Å²) in [4.78, 5) is 11.9. The highest BCUT2D eigenvalue weighted by Gasteiger charge is 2.58. The Labute approximate surface area is 145 Å². The third-order valence-electron chi connectivity index (χ3n) is 8.25. The molecule has 4 aliphatic carbocycles. The van der Waals surface area contributed by atoms with Crippen LogP contribution >= 0.6 is 0 Å². The molecule has 0 aromatic rings. The van der Waals surface area contributed by atoms with Crippen molar-refractivity contribution in [2.24, 2.45) is 40.9 Å². The van der Waals surface area contributed by atoms with E-state index in [1.54, 1.807) is 0 Å². The fourth-order valence-corrected chi connectivity index (χ4v) is 7.20. The topological polar surface area (TPSA) is 61.1 Å². The van der Waals surface area contributed by atoms with Gasteiger partial charge in [0, 0.05) is 18.9 Å². The standard InChI is InChI=1S/C21H29NO2/c1-2-21-8-7-17-16-5-4-15(24)10-18(16)13(12-23)9-19(17)20(21)6-3-14(21)11-22/h10,13-14,16-17,19-20,23H,2-9,12H2,1H3. The molecule has 3 nitrogen and oxygen atoms in total. The molecule has 3 saturated carbocycles. The Morgan fingerprint density at radius 2 is 2.12 bits per heavy atom. The van der Waals surface area contributed by atoms with E-state index in [0.29, 0.717) is 30.1 Å². The monoisotopic (exact) mass is 327 g/mol. The summed E-state index contributed by atoms with van der Waals surface area (Å²) in [5.74, 6) is 3.13. The number of aliphatic hydroxyl groups is 1. The maximum atomic E-state index is 11.9. The van der Waals surface area contributed by atoms with Crippen molar-refractivity contribution in [2.75, 3.05) is 6.61 Å². The van der Waals surface area contributed by atoms with E-state index in [1.807, 2.05) is 6.08 Å². The van der Waals surface area contributed by atoms with Gasteiger partial charge in [0.05, 0.1) is 12.0 Å². The quantitative estimate of drug-likeness (QED) is 0.837. The number of hydrogen-bond acceptors (Lipinski definition) is 3. The van der Waals surface area contributed by atoms with Crippen LogP contribution in [0, 0.1) is 52.3 Å². The van der Waals surface area contributed by atoms with Crippen LogP contribution in [0.1, 0.15) is 58.3 Å². The summed E-state index contributed by atoms with van der Waals surface area (Å²) in [6, 6.07) is 2.63. The molecule has 3 fully saturated rings. The number of carbonyl (C=O) groups excluding carboxylic acids is 1. The first-order chi connectivity index (χ1) is 11.6. The van der Waals surface area contributed by atoms with E-state index in [9.17, 15) is 15.2 Å². The predicted molar refractivity (Wildman–Crippen MR) is 91.8 cm³/mol. The van der Waals surface area contributed by atoms with Crippen molar-refractivity contribution >= 4 is 5.78 Å². The molecule has 1 N–H and O–H groups in total. The van der Waals surface area contributed by atoms with Crippen LogP contribution in [0.25, 0.3) is 0 Å². The maximum absolute atomic E-state index is 11.9. The van der Waals surface area contributed by atoms with Crippen LogP contribution in [0.4, 0.5) is 0 Å². The molecule has 4 rings (SSSR count). The van der Waals surface area contributed by atoms with Gasteiger partial charge in [-0.25, -0.2) is 0 Å². The summed E-state index contributed by atoms with van der Waals surface area (Å²) in [6.45, 7) is 2.45. The van der Waals surface area contributed by atoms with Gasteiger partial charge in [0.2, 0.25) is 0 Å².